The second-order valence-electron chi connectivity index (χ2n) is 3.62. The number of hydrogen-bond acceptors (Lipinski definition) is 1. The summed E-state index contributed by atoms with van der Waals surface area (Å²) >= 11 is 0. The molecule has 0 heterocycles. The van der Waals surface area contributed by atoms with E-state index in [1.165, 1.54) is 0 Å². The third kappa shape index (κ3) is 1.04. The van der Waals surface area contributed by atoms with Gasteiger partial charge in [0.15, 0.2) is 0 Å². The maximum Gasteiger partial charge on any atom is 0.392 e. The Morgan fingerprint density at radius 3 is 2.50 bits per heavy atom. The van der Waals surface area contributed by atoms with Crippen LogP contribution in [0.3, 0.4) is 0 Å². The average molecular weight is 178 g/mol. The van der Waals surface area contributed by atoms with Gasteiger partial charge in [-0.05, 0) is 18.8 Å². The number of carbonyl (C=O) groups excluding carboxylic acids is 1. The summed E-state index contributed by atoms with van der Waals surface area (Å²) in [7, 11) is 0. The topological polar surface area (TPSA) is 17.1 Å². The molecule has 0 N–H and O–H groups in total. The van der Waals surface area contributed by atoms with Crippen LogP contribution in [-0.4, -0.2) is 12.0 Å². The first-order valence-electron chi connectivity index (χ1n) is 4.11. The van der Waals surface area contributed by atoms with E-state index in [0.717, 1.165) is 0 Å². The minimum atomic E-state index is -4.14. The molecule has 68 valence electrons. The normalized spacial score (nSPS) is 40.9. The van der Waals surface area contributed by atoms with Gasteiger partial charge in [-0.3, -0.25) is 4.79 Å². The van der Waals surface area contributed by atoms with Gasteiger partial charge in [-0.15, -0.1) is 0 Å². The van der Waals surface area contributed by atoms with Gasteiger partial charge in [-0.1, -0.05) is 0 Å². The zero-order valence-corrected chi connectivity index (χ0v) is 6.40. The van der Waals surface area contributed by atoms with E-state index >= 15 is 0 Å². The van der Waals surface area contributed by atoms with Crippen LogP contribution in [0.15, 0.2) is 0 Å². The molecule has 4 heteroatoms. The quantitative estimate of drug-likeness (QED) is 0.555. The van der Waals surface area contributed by atoms with Gasteiger partial charge in [0, 0.05) is 12.3 Å². The monoisotopic (exact) mass is 178 g/mol. The Bertz CT molecular complexity index is 221. The first-order valence-corrected chi connectivity index (χ1v) is 4.11. The van der Waals surface area contributed by atoms with Crippen molar-refractivity contribution in [3.63, 3.8) is 0 Å². The molecule has 3 atom stereocenters. The van der Waals surface area contributed by atoms with Crippen LogP contribution in [0.1, 0.15) is 19.3 Å². The molecule has 2 aliphatic carbocycles. The summed E-state index contributed by atoms with van der Waals surface area (Å²) < 4.78 is 36.5. The predicted molar refractivity (Wildman–Crippen MR) is 35.4 cm³/mol. The van der Waals surface area contributed by atoms with Crippen LogP contribution in [0.4, 0.5) is 13.2 Å². The Kier molecular flexibility index (Phi) is 1.50. The van der Waals surface area contributed by atoms with E-state index in [1.807, 2.05) is 0 Å². The molecule has 0 saturated heterocycles. The molecule has 2 rings (SSSR count). The molecule has 0 aliphatic heterocycles. The van der Waals surface area contributed by atoms with Crippen molar-refractivity contribution < 1.29 is 18.0 Å². The van der Waals surface area contributed by atoms with Gasteiger partial charge in [-0.2, -0.15) is 13.2 Å². The Hall–Kier alpha value is -0.540. The standard InChI is InChI=1S/C8H9F3O/c9-8(10,11)7-4-2-1-3-5(12)6(4)7/h4,6-7H,1-3H2/t4-,6+,7+/m0/s1. The van der Waals surface area contributed by atoms with Crippen LogP contribution in [-0.2, 0) is 4.79 Å². The lowest BCUT2D eigenvalue weighted by Crippen LogP contribution is -2.14. The lowest BCUT2D eigenvalue weighted by Gasteiger charge is -2.04. The lowest BCUT2D eigenvalue weighted by atomic mass is 10.00. The van der Waals surface area contributed by atoms with Crippen molar-refractivity contribution in [1.29, 1.82) is 0 Å². The van der Waals surface area contributed by atoms with E-state index in [2.05, 4.69) is 0 Å². The Morgan fingerprint density at radius 2 is 2.00 bits per heavy atom. The highest BCUT2D eigenvalue weighted by atomic mass is 19.4. The lowest BCUT2D eigenvalue weighted by molar-refractivity contribution is -0.156. The fourth-order valence-electron chi connectivity index (χ4n) is 2.30. The highest BCUT2D eigenvalue weighted by Gasteiger charge is 2.67. The summed E-state index contributed by atoms with van der Waals surface area (Å²) in [6.45, 7) is 0. The molecule has 0 aromatic heterocycles. The zero-order valence-electron chi connectivity index (χ0n) is 6.40. The molecule has 2 saturated carbocycles. The van der Waals surface area contributed by atoms with E-state index in [1.54, 1.807) is 0 Å². The largest absolute Gasteiger partial charge is 0.392 e. The second kappa shape index (κ2) is 2.24. The number of fused-ring (bicyclic) bond motifs is 1. The fourth-order valence-corrected chi connectivity index (χ4v) is 2.30. The number of alkyl halides is 3. The smallest absolute Gasteiger partial charge is 0.299 e. The number of ketones is 1. The van der Waals surface area contributed by atoms with Crippen molar-refractivity contribution in [2.75, 3.05) is 0 Å². The minimum Gasteiger partial charge on any atom is -0.299 e. The van der Waals surface area contributed by atoms with Crippen molar-refractivity contribution in [1.82, 2.24) is 0 Å². The van der Waals surface area contributed by atoms with Gasteiger partial charge in [0.25, 0.3) is 0 Å². The molecule has 1 nitrogen and oxygen atoms in total. The molecule has 12 heavy (non-hydrogen) atoms. The first kappa shape index (κ1) is 8.08. The van der Waals surface area contributed by atoms with Crippen LogP contribution < -0.4 is 0 Å². The van der Waals surface area contributed by atoms with Crippen molar-refractivity contribution in [3.8, 4) is 0 Å². The van der Waals surface area contributed by atoms with E-state index < -0.39 is 18.0 Å². The molecule has 0 aromatic carbocycles. The van der Waals surface area contributed by atoms with E-state index in [0.29, 0.717) is 19.3 Å². The summed E-state index contributed by atoms with van der Waals surface area (Å²) in [6, 6.07) is 0. The van der Waals surface area contributed by atoms with Gasteiger partial charge < -0.3 is 0 Å². The number of rotatable bonds is 0. The number of Topliss-reactive ketones (excluding diaryl/α,β-unsaturated/α-hetero) is 1. The number of hydrogen-bond donors (Lipinski definition) is 0. The van der Waals surface area contributed by atoms with Crippen LogP contribution >= 0.6 is 0 Å². The molecular formula is C8H9F3O. The van der Waals surface area contributed by atoms with Crippen molar-refractivity contribution in [2.45, 2.75) is 25.4 Å². The van der Waals surface area contributed by atoms with Crippen LogP contribution in [0.2, 0.25) is 0 Å². The highest BCUT2D eigenvalue weighted by Crippen LogP contribution is 2.60. The Labute approximate surface area is 67.9 Å². The van der Waals surface area contributed by atoms with Gasteiger partial charge in [0.05, 0.1) is 5.92 Å². The third-order valence-corrected chi connectivity index (χ3v) is 2.88. The summed E-state index contributed by atoms with van der Waals surface area (Å²) in [4.78, 5) is 11.0. The summed E-state index contributed by atoms with van der Waals surface area (Å²) in [6.07, 6.45) is -2.56. The van der Waals surface area contributed by atoms with Gasteiger partial charge in [-0.25, -0.2) is 0 Å². The maximum absolute atomic E-state index is 12.2. The highest BCUT2D eigenvalue weighted by molar-refractivity contribution is 5.85. The molecule has 2 aliphatic rings. The van der Waals surface area contributed by atoms with E-state index in [-0.39, 0.29) is 11.7 Å². The fraction of sp³-hybridized carbons (Fsp3) is 0.875. The van der Waals surface area contributed by atoms with Gasteiger partial charge >= 0.3 is 6.18 Å². The molecule has 0 unspecified atom stereocenters. The Balaban J connectivity index is 2.10. The average Bonchev–Trinajstić information content (AvgIpc) is 2.60. The van der Waals surface area contributed by atoms with E-state index in [4.69, 9.17) is 0 Å². The molecule has 2 fully saturated rings. The van der Waals surface area contributed by atoms with Gasteiger partial charge in [0.2, 0.25) is 0 Å². The summed E-state index contributed by atoms with van der Waals surface area (Å²) in [5.41, 5.74) is 0. The van der Waals surface area contributed by atoms with E-state index in [9.17, 15) is 18.0 Å². The van der Waals surface area contributed by atoms with Crippen LogP contribution in [0, 0.1) is 17.8 Å². The first-order chi connectivity index (χ1) is 5.52. The number of halogens is 3. The molecule has 0 radical (unpaired) electrons. The SMILES string of the molecule is O=C1CCC[C@H]2[C@H]1[C@@H]2C(F)(F)F. The maximum atomic E-state index is 12.2. The molecule has 0 bridgehead atoms. The Morgan fingerprint density at radius 1 is 1.33 bits per heavy atom. The zero-order chi connectivity index (χ0) is 8.93. The minimum absolute atomic E-state index is 0.173. The van der Waals surface area contributed by atoms with Crippen molar-refractivity contribution in [2.24, 2.45) is 17.8 Å². The van der Waals surface area contributed by atoms with Crippen molar-refractivity contribution >= 4 is 5.78 Å². The molecule has 0 amide bonds. The molecule has 0 aromatic rings. The second-order valence-corrected chi connectivity index (χ2v) is 3.62. The predicted octanol–water partition coefficient (Wildman–Crippen LogP) is 2.16. The van der Waals surface area contributed by atoms with Crippen molar-refractivity contribution in [3.05, 3.63) is 0 Å². The van der Waals surface area contributed by atoms with Crippen LogP contribution in [0.25, 0.3) is 0 Å². The third-order valence-electron chi connectivity index (χ3n) is 2.88. The number of carbonyl (C=O) groups is 1. The van der Waals surface area contributed by atoms with Gasteiger partial charge in [0.1, 0.15) is 5.78 Å². The molecular weight excluding hydrogens is 169 g/mol. The summed E-state index contributed by atoms with van der Waals surface area (Å²) in [5.74, 6) is -2.51. The molecule has 0 spiro atoms. The summed E-state index contributed by atoms with van der Waals surface area (Å²) in [5, 5.41) is 0. The van der Waals surface area contributed by atoms with Crippen LogP contribution in [0.5, 0.6) is 0 Å².